The van der Waals surface area contributed by atoms with Gasteiger partial charge >= 0.3 is 5.97 Å². The third-order valence-corrected chi connectivity index (χ3v) is 5.85. The van der Waals surface area contributed by atoms with Crippen molar-refractivity contribution in [3.63, 3.8) is 0 Å². The summed E-state index contributed by atoms with van der Waals surface area (Å²) in [6.07, 6.45) is 0.867. The van der Waals surface area contributed by atoms with Gasteiger partial charge in [-0.2, -0.15) is 0 Å². The van der Waals surface area contributed by atoms with E-state index in [1.165, 1.54) is 0 Å². The molecule has 0 fully saturated rings. The molecule has 150 valence electrons. The molecule has 0 amide bonds. The molecule has 6 nitrogen and oxygen atoms in total. The van der Waals surface area contributed by atoms with Crippen LogP contribution in [-0.2, 0) is 37.2 Å². The van der Waals surface area contributed by atoms with Gasteiger partial charge in [0.2, 0.25) is 0 Å². The van der Waals surface area contributed by atoms with Crippen LogP contribution in [0.2, 0.25) is 0 Å². The van der Waals surface area contributed by atoms with Crippen LogP contribution in [0.4, 0.5) is 0 Å². The molecule has 1 N–H and O–H groups in total. The van der Waals surface area contributed by atoms with Gasteiger partial charge in [0.1, 0.15) is 12.2 Å². The number of ether oxygens (including phenoxy) is 1. The number of sulfone groups is 1. The Kier molecular flexibility index (Phi) is 8.35. The van der Waals surface area contributed by atoms with Crippen molar-refractivity contribution in [1.29, 1.82) is 0 Å². The van der Waals surface area contributed by atoms with E-state index in [-0.39, 0.29) is 29.5 Å². The number of carbonyl (C=O) groups is 2. The van der Waals surface area contributed by atoms with E-state index in [1.807, 2.05) is 30.3 Å². The van der Waals surface area contributed by atoms with Crippen LogP contribution in [0.1, 0.15) is 30.4 Å². The molecule has 2 rings (SSSR count). The molecule has 0 aliphatic heterocycles. The maximum Gasteiger partial charge on any atom is 0.310 e. The Morgan fingerprint density at radius 3 is 2.25 bits per heavy atom. The van der Waals surface area contributed by atoms with E-state index in [1.54, 1.807) is 24.3 Å². The molecule has 0 atom stereocenters. The highest BCUT2D eigenvalue weighted by Crippen LogP contribution is 2.15. The first-order valence-corrected chi connectivity index (χ1v) is 10.7. The molecule has 0 radical (unpaired) electrons. The van der Waals surface area contributed by atoms with Crippen molar-refractivity contribution in [1.82, 2.24) is 0 Å². The minimum atomic E-state index is -3.42. The normalized spacial score (nSPS) is 11.3. The fourth-order valence-electron chi connectivity index (χ4n) is 2.66. The number of carboxylic acid groups (broad SMARTS) is 1. The second-order valence-electron chi connectivity index (χ2n) is 6.46. The lowest BCUT2D eigenvalue weighted by Gasteiger charge is -2.07. The molecular formula is C21H24O6S. The zero-order valence-corrected chi connectivity index (χ0v) is 16.4. The minimum Gasteiger partial charge on any atom is -0.481 e. The van der Waals surface area contributed by atoms with Crippen LogP contribution in [0, 0.1) is 0 Å². The summed E-state index contributed by atoms with van der Waals surface area (Å²) in [4.78, 5) is 22.1. The Morgan fingerprint density at radius 1 is 0.929 bits per heavy atom. The summed E-state index contributed by atoms with van der Waals surface area (Å²) in [5, 5.41) is 8.56. The smallest absolute Gasteiger partial charge is 0.310 e. The van der Waals surface area contributed by atoms with E-state index in [2.05, 4.69) is 0 Å². The van der Waals surface area contributed by atoms with Crippen LogP contribution in [0.5, 0.6) is 0 Å². The summed E-state index contributed by atoms with van der Waals surface area (Å²) >= 11 is 0. The summed E-state index contributed by atoms with van der Waals surface area (Å²) in [6, 6.07) is 16.1. The van der Waals surface area contributed by atoms with Gasteiger partial charge in [-0.05, 0) is 36.1 Å². The highest BCUT2D eigenvalue weighted by Gasteiger charge is 2.14. The molecule has 7 heteroatoms. The topological polar surface area (TPSA) is 97.7 Å². The molecule has 0 saturated carbocycles. The molecule has 2 aromatic carbocycles. The van der Waals surface area contributed by atoms with Crippen LogP contribution in [0.25, 0.3) is 0 Å². The molecule has 0 aliphatic rings. The standard InChI is InChI=1S/C21H24O6S/c22-19(15-21(23)24)8-4-7-17-9-11-20(12-10-17)28(25,26)14-13-27-16-18-5-2-1-3-6-18/h1-3,5-6,9-12H,4,7-8,13-16H2,(H,23,24). The monoisotopic (exact) mass is 404 g/mol. The number of aliphatic carboxylic acids is 1. The van der Waals surface area contributed by atoms with Gasteiger partial charge in [0.25, 0.3) is 0 Å². The first-order chi connectivity index (χ1) is 13.4. The number of aryl methyl sites for hydroxylation is 1. The summed E-state index contributed by atoms with van der Waals surface area (Å²) in [7, 11) is -3.42. The summed E-state index contributed by atoms with van der Waals surface area (Å²) < 4.78 is 30.2. The molecule has 28 heavy (non-hydrogen) atoms. The maximum absolute atomic E-state index is 12.4. The van der Waals surface area contributed by atoms with E-state index < -0.39 is 22.2 Å². The van der Waals surface area contributed by atoms with Gasteiger partial charge in [-0.3, -0.25) is 9.59 Å². The van der Waals surface area contributed by atoms with Crippen LogP contribution >= 0.6 is 0 Å². The molecule has 0 bridgehead atoms. The van der Waals surface area contributed by atoms with Crippen molar-refractivity contribution < 1.29 is 27.9 Å². The molecule has 0 aliphatic carbocycles. The molecule has 0 saturated heterocycles. The van der Waals surface area contributed by atoms with E-state index in [0.717, 1.165) is 11.1 Å². The molecule has 0 spiro atoms. The number of rotatable bonds is 12. The Labute approximate surface area is 165 Å². The second-order valence-corrected chi connectivity index (χ2v) is 8.57. The van der Waals surface area contributed by atoms with Crippen LogP contribution < -0.4 is 0 Å². The van der Waals surface area contributed by atoms with Gasteiger partial charge < -0.3 is 9.84 Å². The van der Waals surface area contributed by atoms with Gasteiger partial charge in [0.05, 0.1) is 23.9 Å². The average molecular weight is 404 g/mol. The van der Waals surface area contributed by atoms with E-state index in [9.17, 15) is 18.0 Å². The van der Waals surface area contributed by atoms with Crippen LogP contribution in [0.3, 0.4) is 0 Å². The SMILES string of the molecule is O=C(O)CC(=O)CCCc1ccc(S(=O)(=O)CCOCc2ccccc2)cc1. The first kappa shape index (κ1) is 21.8. The predicted octanol–water partition coefficient (Wildman–Crippen LogP) is 3.04. The molecule has 0 unspecified atom stereocenters. The largest absolute Gasteiger partial charge is 0.481 e. The minimum absolute atomic E-state index is 0.0944. The fraction of sp³-hybridized carbons (Fsp3) is 0.333. The second kappa shape index (κ2) is 10.7. The predicted molar refractivity (Wildman–Crippen MR) is 105 cm³/mol. The lowest BCUT2D eigenvalue weighted by Crippen LogP contribution is -2.12. The van der Waals surface area contributed by atoms with E-state index in [4.69, 9.17) is 9.84 Å². The Hall–Kier alpha value is -2.51. The van der Waals surface area contributed by atoms with Crippen LogP contribution in [0.15, 0.2) is 59.5 Å². The zero-order valence-electron chi connectivity index (χ0n) is 15.5. The third kappa shape index (κ3) is 7.62. The lowest BCUT2D eigenvalue weighted by atomic mass is 10.1. The number of carbonyl (C=O) groups excluding carboxylic acids is 1. The highest BCUT2D eigenvalue weighted by atomic mass is 32.2. The van der Waals surface area contributed by atoms with Crippen molar-refractivity contribution in [3.05, 3.63) is 65.7 Å². The Balaban J connectivity index is 1.77. The van der Waals surface area contributed by atoms with Crippen molar-refractivity contribution >= 4 is 21.6 Å². The van der Waals surface area contributed by atoms with E-state index in [0.29, 0.717) is 19.4 Å². The van der Waals surface area contributed by atoms with Gasteiger partial charge in [-0.1, -0.05) is 42.5 Å². The average Bonchev–Trinajstić information content (AvgIpc) is 2.66. The van der Waals surface area contributed by atoms with Crippen LogP contribution in [-0.4, -0.2) is 37.6 Å². The number of ketones is 1. The molecule has 2 aromatic rings. The Morgan fingerprint density at radius 2 is 1.61 bits per heavy atom. The van der Waals surface area contributed by atoms with Gasteiger partial charge in [-0.25, -0.2) is 8.42 Å². The Bertz CT molecular complexity index is 873. The first-order valence-electron chi connectivity index (χ1n) is 9.04. The number of hydrogen-bond donors (Lipinski definition) is 1. The number of Topliss-reactive ketones (excluding diaryl/α,β-unsaturated/α-hetero) is 1. The van der Waals surface area contributed by atoms with Gasteiger partial charge in [-0.15, -0.1) is 0 Å². The fourth-order valence-corrected chi connectivity index (χ4v) is 3.78. The highest BCUT2D eigenvalue weighted by molar-refractivity contribution is 7.91. The molecule has 0 heterocycles. The number of carboxylic acids is 1. The van der Waals surface area contributed by atoms with E-state index >= 15 is 0 Å². The maximum atomic E-state index is 12.4. The van der Waals surface area contributed by atoms with Crippen molar-refractivity contribution in [2.24, 2.45) is 0 Å². The van der Waals surface area contributed by atoms with Crippen molar-refractivity contribution in [2.45, 2.75) is 37.2 Å². The molecule has 0 aromatic heterocycles. The van der Waals surface area contributed by atoms with Crippen molar-refractivity contribution in [3.8, 4) is 0 Å². The summed E-state index contributed by atoms with van der Waals surface area (Å²) in [5.41, 5.74) is 1.90. The quantitative estimate of drug-likeness (QED) is 0.431. The van der Waals surface area contributed by atoms with Gasteiger partial charge in [0.15, 0.2) is 9.84 Å². The van der Waals surface area contributed by atoms with Gasteiger partial charge in [0, 0.05) is 6.42 Å². The summed E-state index contributed by atoms with van der Waals surface area (Å²) in [6.45, 7) is 0.487. The zero-order chi connectivity index (χ0) is 20.4. The number of hydrogen-bond acceptors (Lipinski definition) is 5. The number of benzene rings is 2. The summed E-state index contributed by atoms with van der Waals surface area (Å²) in [5.74, 6) is -1.52. The lowest BCUT2D eigenvalue weighted by molar-refractivity contribution is -0.140. The molecular weight excluding hydrogens is 380 g/mol. The van der Waals surface area contributed by atoms with Crippen molar-refractivity contribution in [2.75, 3.05) is 12.4 Å². The third-order valence-electron chi connectivity index (χ3n) is 4.16.